The minimum atomic E-state index is -0.131. The van der Waals surface area contributed by atoms with Crippen molar-refractivity contribution in [3.8, 4) is 6.07 Å². The summed E-state index contributed by atoms with van der Waals surface area (Å²) in [5.41, 5.74) is 2.56. The monoisotopic (exact) mass is 244 g/mol. The molecule has 0 aliphatic heterocycles. The molecule has 98 valence electrons. The van der Waals surface area contributed by atoms with Crippen molar-refractivity contribution in [2.24, 2.45) is 0 Å². The maximum Gasteiger partial charge on any atom is 0.123 e. The van der Waals surface area contributed by atoms with Crippen LogP contribution in [0, 0.1) is 11.3 Å². The van der Waals surface area contributed by atoms with Gasteiger partial charge in [0.15, 0.2) is 0 Å². The van der Waals surface area contributed by atoms with Crippen LogP contribution in [-0.2, 0) is 5.41 Å². The maximum atomic E-state index is 9.35. The molecule has 1 unspecified atom stereocenters. The first-order valence-corrected chi connectivity index (χ1v) is 6.68. The summed E-state index contributed by atoms with van der Waals surface area (Å²) >= 11 is 0. The summed E-state index contributed by atoms with van der Waals surface area (Å²) in [5, 5.41) is 9.35. The summed E-state index contributed by atoms with van der Waals surface area (Å²) in [7, 11) is 0. The van der Waals surface area contributed by atoms with Crippen LogP contribution >= 0.6 is 0 Å². The number of nitriles is 1. The zero-order valence-electron chi connectivity index (χ0n) is 12.2. The van der Waals surface area contributed by atoms with Crippen LogP contribution in [0.1, 0.15) is 51.8 Å². The van der Waals surface area contributed by atoms with Crippen molar-refractivity contribution in [2.75, 3.05) is 13.1 Å². The van der Waals surface area contributed by atoms with Gasteiger partial charge >= 0.3 is 0 Å². The van der Waals surface area contributed by atoms with Crippen molar-refractivity contribution in [3.63, 3.8) is 0 Å². The second-order valence-electron chi connectivity index (χ2n) is 5.62. The van der Waals surface area contributed by atoms with E-state index in [-0.39, 0.29) is 11.5 Å². The van der Waals surface area contributed by atoms with Gasteiger partial charge in [-0.15, -0.1) is 0 Å². The molecule has 0 saturated heterocycles. The summed E-state index contributed by atoms with van der Waals surface area (Å²) < 4.78 is 0. The van der Waals surface area contributed by atoms with Gasteiger partial charge in [-0.1, -0.05) is 58.9 Å². The lowest BCUT2D eigenvalue weighted by Crippen LogP contribution is -2.27. The van der Waals surface area contributed by atoms with Gasteiger partial charge in [0.25, 0.3) is 0 Å². The Kier molecular flexibility index (Phi) is 4.93. The van der Waals surface area contributed by atoms with Crippen molar-refractivity contribution < 1.29 is 0 Å². The Hall–Kier alpha value is -1.33. The van der Waals surface area contributed by atoms with Crippen LogP contribution in [-0.4, -0.2) is 18.0 Å². The first-order valence-electron chi connectivity index (χ1n) is 6.68. The molecule has 18 heavy (non-hydrogen) atoms. The molecule has 0 saturated carbocycles. The second kappa shape index (κ2) is 6.02. The van der Waals surface area contributed by atoms with Crippen LogP contribution in [0.25, 0.3) is 0 Å². The smallest absolute Gasteiger partial charge is 0.123 e. The Bertz CT molecular complexity index is 402. The van der Waals surface area contributed by atoms with E-state index in [0.29, 0.717) is 0 Å². The van der Waals surface area contributed by atoms with E-state index in [9.17, 15) is 5.26 Å². The van der Waals surface area contributed by atoms with Crippen LogP contribution in [0.4, 0.5) is 0 Å². The number of nitrogens with zero attached hydrogens (tertiary/aromatic N) is 2. The van der Waals surface area contributed by atoms with Crippen molar-refractivity contribution >= 4 is 0 Å². The first-order chi connectivity index (χ1) is 8.43. The predicted octanol–water partition coefficient (Wildman–Crippen LogP) is 3.89. The van der Waals surface area contributed by atoms with E-state index in [1.54, 1.807) is 0 Å². The van der Waals surface area contributed by atoms with Crippen LogP contribution in [0.2, 0.25) is 0 Å². The van der Waals surface area contributed by atoms with Crippen molar-refractivity contribution in [2.45, 2.75) is 46.1 Å². The van der Waals surface area contributed by atoms with Crippen LogP contribution < -0.4 is 0 Å². The largest absolute Gasteiger partial charge is 0.285 e. The number of hydrogen-bond acceptors (Lipinski definition) is 2. The van der Waals surface area contributed by atoms with Gasteiger partial charge < -0.3 is 0 Å². The van der Waals surface area contributed by atoms with Gasteiger partial charge in [-0.2, -0.15) is 5.26 Å². The Labute approximate surface area is 111 Å². The Balaban J connectivity index is 3.00. The Morgan fingerprint density at radius 1 is 1.11 bits per heavy atom. The molecule has 0 radical (unpaired) electrons. The van der Waals surface area contributed by atoms with Crippen molar-refractivity contribution in [1.82, 2.24) is 4.90 Å². The molecular formula is C16H24N2. The normalized spacial score (nSPS) is 13.4. The predicted molar refractivity (Wildman–Crippen MR) is 76.4 cm³/mol. The summed E-state index contributed by atoms with van der Waals surface area (Å²) in [4.78, 5) is 2.17. The van der Waals surface area contributed by atoms with Gasteiger partial charge in [-0.25, -0.2) is 0 Å². The van der Waals surface area contributed by atoms with E-state index >= 15 is 0 Å². The standard InChI is InChI=1S/C16H24N2/c1-6-18(7-2)15(12-17)13-8-10-14(11-9-13)16(3,4)5/h8-11,15H,6-7H2,1-5H3. The molecule has 0 amide bonds. The molecule has 1 aromatic carbocycles. The maximum absolute atomic E-state index is 9.35. The van der Waals surface area contributed by atoms with E-state index in [1.165, 1.54) is 5.56 Å². The first kappa shape index (κ1) is 14.7. The zero-order chi connectivity index (χ0) is 13.8. The molecule has 2 nitrogen and oxygen atoms in total. The third kappa shape index (κ3) is 3.34. The summed E-state index contributed by atoms with van der Waals surface area (Å²) in [5.74, 6) is 0. The lowest BCUT2D eigenvalue weighted by molar-refractivity contribution is 0.262. The molecule has 0 N–H and O–H groups in total. The van der Waals surface area contributed by atoms with Crippen LogP contribution in [0.15, 0.2) is 24.3 Å². The highest BCUT2D eigenvalue weighted by Crippen LogP contribution is 2.25. The fourth-order valence-corrected chi connectivity index (χ4v) is 2.12. The molecule has 2 heteroatoms. The van der Waals surface area contributed by atoms with Gasteiger partial charge in [0.1, 0.15) is 6.04 Å². The van der Waals surface area contributed by atoms with E-state index in [1.807, 2.05) is 0 Å². The van der Waals surface area contributed by atoms with Gasteiger partial charge in [0, 0.05) is 0 Å². The Morgan fingerprint density at radius 3 is 1.94 bits per heavy atom. The van der Waals surface area contributed by atoms with Gasteiger partial charge in [0.2, 0.25) is 0 Å². The SMILES string of the molecule is CCN(CC)C(C#N)c1ccc(C(C)(C)C)cc1. The average molecular weight is 244 g/mol. The number of rotatable bonds is 4. The molecule has 0 spiro atoms. The number of hydrogen-bond donors (Lipinski definition) is 0. The highest BCUT2D eigenvalue weighted by Gasteiger charge is 2.18. The van der Waals surface area contributed by atoms with Gasteiger partial charge in [-0.3, -0.25) is 4.90 Å². The van der Waals surface area contributed by atoms with Crippen molar-refractivity contribution in [3.05, 3.63) is 35.4 Å². The van der Waals surface area contributed by atoms with E-state index in [0.717, 1.165) is 18.7 Å². The zero-order valence-corrected chi connectivity index (χ0v) is 12.2. The van der Waals surface area contributed by atoms with E-state index in [2.05, 4.69) is 69.9 Å². The van der Waals surface area contributed by atoms with Crippen LogP contribution in [0.5, 0.6) is 0 Å². The minimum absolute atomic E-state index is 0.131. The molecule has 1 rings (SSSR count). The topological polar surface area (TPSA) is 27.0 Å². The number of benzene rings is 1. The molecule has 0 heterocycles. The minimum Gasteiger partial charge on any atom is -0.285 e. The third-order valence-electron chi connectivity index (χ3n) is 3.39. The fraction of sp³-hybridized carbons (Fsp3) is 0.562. The molecule has 1 atom stereocenters. The fourth-order valence-electron chi connectivity index (χ4n) is 2.12. The lowest BCUT2D eigenvalue weighted by Gasteiger charge is -2.25. The molecule has 1 aromatic rings. The Morgan fingerprint density at radius 2 is 1.61 bits per heavy atom. The van der Waals surface area contributed by atoms with E-state index < -0.39 is 0 Å². The highest BCUT2D eigenvalue weighted by atomic mass is 15.1. The van der Waals surface area contributed by atoms with Crippen molar-refractivity contribution in [1.29, 1.82) is 5.26 Å². The summed E-state index contributed by atoms with van der Waals surface area (Å²) in [6, 6.07) is 10.7. The van der Waals surface area contributed by atoms with Crippen LogP contribution in [0.3, 0.4) is 0 Å². The average Bonchev–Trinajstić information content (AvgIpc) is 2.35. The molecule has 0 fully saturated rings. The third-order valence-corrected chi connectivity index (χ3v) is 3.39. The lowest BCUT2D eigenvalue weighted by atomic mass is 9.86. The quantitative estimate of drug-likeness (QED) is 0.803. The summed E-state index contributed by atoms with van der Waals surface area (Å²) in [6.07, 6.45) is 0. The van der Waals surface area contributed by atoms with Gasteiger partial charge in [-0.05, 0) is 29.6 Å². The molecule has 0 aliphatic carbocycles. The molecular weight excluding hydrogens is 220 g/mol. The van der Waals surface area contributed by atoms with Gasteiger partial charge in [0.05, 0.1) is 6.07 Å². The molecule has 0 aromatic heterocycles. The highest BCUT2D eigenvalue weighted by molar-refractivity contribution is 5.31. The van der Waals surface area contributed by atoms with E-state index in [4.69, 9.17) is 0 Å². The second-order valence-corrected chi connectivity index (χ2v) is 5.62. The molecule has 0 aliphatic rings. The summed E-state index contributed by atoms with van der Waals surface area (Å²) in [6.45, 7) is 12.6. The molecule has 0 bridgehead atoms.